The summed E-state index contributed by atoms with van der Waals surface area (Å²) in [5.74, 6) is 1.19. The number of rotatable bonds is 16. The fourth-order valence-corrected chi connectivity index (χ4v) is 4.17. The summed E-state index contributed by atoms with van der Waals surface area (Å²) in [5, 5.41) is 3.07. The van der Waals surface area contributed by atoms with Gasteiger partial charge in [-0.3, -0.25) is 14.4 Å². The van der Waals surface area contributed by atoms with Crippen molar-refractivity contribution < 1.29 is 23.9 Å². The summed E-state index contributed by atoms with van der Waals surface area (Å²) in [5.41, 5.74) is 0. The Morgan fingerprint density at radius 3 is 2.06 bits per heavy atom. The second-order valence-electron chi connectivity index (χ2n) is 10.0. The zero-order valence-corrected chi connectivity index (χ0v) is 21.9. The van der Waals surface area contributed by atoms with Gasteiger partial charge < -0.3 is 19.7 Å². The molecule has 1 saturated carbocycles. The molecule has 0 heterocycles. The Kier molecular flexibility index (Phi) is 14.5. The van der Waals surface area contributed by atoms with Gasteiger partial charge in [0.2, 0.25) is 11.8 Å². The predicted octanol–water partition coefficient (Wildman–Crippen LogP) is 3.98. The lowest BCUT2D eigenvalue weighted by Gasteiger charge is -2.29. The molecule has 7 nitrogen and oxygen atoms in total. The van der Waals surface area contributed by atoms with Crippen LogP contribution in [0.1, 0.15) is 86.5 Å². The minimum atomic E-state index is 0.00181. The molecule has 0 saturated heterocycles. The number of Topliss-reactive ketones (excluding diaryl/α,β-unsaturated/α-hetero) is 1. The van der Waals surface area contributed by atoms with E-state index in [-0.39, 0.29) is 35.7 Å². The lowest BCUT2D eigenvalue weighted by molar-refractivity contribution is -0.134. The number of nitrogens with zero attached hydrogens (tertiary/aromatic N) is 1. The number of carbonyl (C=O) groups excluding carboxylic acids is 3. The average molecular weight is 469 g/mol. The Morgan fingerprint density at radius 2 is 1.52 bits per heavy atom. The Morgan fingerprint density at radius 1 is 0.909 bits per heavy atom. The van der Waals surface area contributed by atoms with E-state index in [9.17, 15) is 14.4 Å². The maximum Gasteiger partial charge on any atom is 0.223 e. The number of ketones is 1. The smallest absolute Gasteiger partial charge is 0.223 e. The van der Waals surface area contributed by atoms with Crippen molar-refractivity contribution in [1.82, 2.24) is 10.2 Å². The first-order chi connectivity index (χ1) is 15.6. The Labute approximate surface area is 201 Å². The summed E-state index contributed by atoms with van der Waals surface area (Å²) in [7, 11) is 0. The lowest BCUT2D eigenvalue weighted by atomic mass is 9.80. The van der Waals surface area contributed by atoms with Gasteiger partial charge >= 0.3 is 0 Å². The van der Waals surface area contributed by atoms with Crippen molar-refractivity contribution in [2.45, 2.75) is 98.6 Å². The fourth-order valence-electron chi connectivity index (χ4n) is 4.17. The normalized spacial score (nSPS) is 19.5. The molecule has 1 atom stereocenters. The van der Waals surface area contributed by atoms with Gasteiger partial charge in [0.15, 0.2) is 0 Å². The van der Waals surface area contributed by atoms with E-state index in [1.165, 1.54) is 0 Å². The molecule has 192 valence electrons. The Hall–Kier alpha value is -1.47. The molecule has 1 N–H and O–H groups in total. The zero-order chi connectivity index (χ0) is 24.8. The van der Waals surface area contributed by atoms with E-state index >= 15 is 0 Å². The second-order valence-corrected chi connectivity index (χ2v) is 10.0. The van der Waals surface area contributed by atoms with Crippen molar-refractivity contribution in [2.24, 2.45) is 17.8 Å². The molecule has 0 spiro atoms. The highest BCUT2D eigenvalue weighted by Crippen LogP contribution is 2.27. The van der Waals surface area contributed by atoms with Crippen LogP contribution < -0.4 is 5.32 Å². The highest BCUT2D eigenvalue weighted by atomic mass is 16.5. The summed E-state index contributed by atoms with van der Waals surface area (Å²) in [6.07, 6.45) is 5.39. The van der Waals surface area contributed by atoms with E-state index in [1.807, 2.05) is 32.6 Å². The first-order valence-electron chi connectivity index (χ1n) is 12.9. The summed E-state index contributed by atoms with van der Waals surface area (Å²) in [6.45, 7) is 14.5. The summed E-state index contributed by atoms with van der Waals surface area (Å²) < 4.78 is 11.1. The summed E-state index contributed by atoms with van der Waals surface area (Å²) >= 11 is 0. The number of ether oxygens (including phenoxy) is 2. The third-order valence-corrected chi connectivity index (χ3v) is 6.55. The van der Waals surface area contributed by atoms with E-state index in [0.717, 1.165) is 32.1 Å². The fraction of sp³-hybridized carbons (Fsp3) is 0.885. The van der Waals surface area contributed by atoms with Crippen molar-refractivity contribution in [2.75, 3.05) is 33.0 Å². The first-order valence-corrected chi connectivity index (χ1v) is 12.9. The zero-order valence-electron chi connectivity index (χ0n) is 21.9. The van der Waals surface area contributed by atoms with Crippen LogP contribution in [-0.2, 0) is 23.9 Å². The van der Waals surface area contributed by atoms with Crippen LogP contribution in [0.15, 0.2) is 0 Å². The molecule has 2 amide bonds. The van der Waals surface area contributed by atoms with Crippen LogP contribution >= 0.6 is 0 Å². The van der Waals surface area contributed by atoms with Crippen LogP contribution in [-0.4, -0.2) is 67.6 Å². The largest absolute Gasteiger partial charge is 0.379 e. The van der Waals surface area contributed by atoms with Crippen molar-refractivity contribution in [3.05, 3.63) is 0 Å². The molecule has 0 bridgehead atoms. The second kappa shape index (κ2) is 16.2. The van der Waals surface area contributed by atoms with E-state index < -0.39 is 0 Å². The van der Waals surface area contributed by atoms with Crippen molar-refractivity contribution >= 4 is 17.6 Å². The van der Waals surface area contributed by atoms with Gasteiger partial charge in [0.05, 0.1) is 26.4 Å². The van der Waals surface area contributed by atoms with E-state index in [1.54, 1.807) is 0 Å². The van der Waals surface area contributed by atoms with Crippen LogP contribution in [0.3, 0.4) is 0 Å². The molecule has 0 aromatic heterocycles. The maximum absolute atomic E-state index is 12.4. The van der Waals surface area contributed by atoms with Crippen molar-refractivity contribution in [3.63, 3.8) is 0 Å². The number of amides is 2. The monoisotopic (exact) mass is 468 g/mol. The highest BCUT2D eigenvalue weighted by molar-refractivity contribution is 5.83. The van der Waals surface area contributed by atoms with E-state index in [2.05, 4.69) is 19.2 Å². The molecule has 0 aromatic rings. The predicted molar refractivity (Wildman–Crippen MR) is 131 cm³/mol. The third-order valence-electron chi connectivity index (χ3n) is 6.55. The molecule has 7 heteroatoms. The quantitative estimate of drug-likeness (QED) is 0.346. The number of carbonyl (C=O) groups is 3. The van der Waals surface area contributed by atoms with Crippen LogP contribution in [0.25, 0.3) is 0 Å². The Bertz CT molecular complexity index is 585. The number of hydrogen-bond acceptors (Lipinski definition) is 5. The maximum atomic E-state index is 12.4. The first kappa shape index (κ1) is 29.6. The molecule has 0 radical (unpaired) electrons. The van der Waals surface area contributed by atoms with Gasteiger partial charge in [0, 0.05) is 43.3 Å². The molecule has 33 heavy (non-hydrogen) atoms. The van der Waals surface area contributed by atoms with Crippen molar-refractivity contribution in [3.8, 4) is 0 Å². The van der Waals surface area contributed by atoms with Gasteiger partial charge in [-0.25, -0.2) is 0 Å². The van der Waals surface area contributed by atoms with Crippen molar-refractivity contribution in [1.29, 1.82) is 0 Å². The van der Waals surface area contributed by atoms with E-state index in [0.29, 0.717) is 57.5 Å². The molecule has 1 aliphatic carbocycles. The van der Waals surface area contributed by atoms with E-state index in [4.69, 9.17) is 9.47 Å². The minimum absolute atomic E-state index is 0.00181. The van der Waals surface area contributed by atoms with Gasteiger partial charge in [-0.05, 0) is 45.4 Å². The highest BCUT2D eigenvalue weighted by Gasteiger charge is 2.28. The average Bonchev–Trinajstić information content (AvgIpc) is 2.77. The van der Waals surface area contributed by atoms with Crippen LogP contribution in [0.4, 0.5) is 0 Å². The third kappa shape index (κ3) is 12.0. The van der Waals surface area contributed by atoms with Gasteiger partial charge in [-0.1, -0.05) is 34.1 Å². The van der Waals surface area contributed by atoms with Gasteiger partial charge in [0.1, 0.15) is 5.78 Å². The van der Waals surface area contributed by atoms with Gasteiger partial charge in [0.25, 0.3) is 0 Å². The Balaban J connectivity index is 2.09. The van der Waals surface area contributed by atoms with Gasteiger partial charge in [-0.15, -0.1) is 0 Å². The lowest BCUT2D eigenvalue weighted by Crippen LogP contribution is -2.40. The van der Waals surface area contributed by atoms with Crippen LogP contribution in [0.2, 0.25) is 0 Å². The summed E-state index contributed by atoms with van der Waals surface area (Å²) in [6, 6.07) is 0.328. The molecular formula is C26H48N2O5. The molecule has 0 aliphatic heterocycles. The number of hydrogen-bond donors (Lipinski definition) is 1. The molecular weight excluding hydrogens is 420 g/mol. The topological polar surface area (TPSA) is 84.9 Å². The molecule has 1 unspecified atom stereocenters. The number of nitrogens with one attached hydrogen (secondary N) is 1. The van der Waals surface area contributed by atoms with Crippen LogP contribution in [0.5, 0.6) is 0 Å². The molecule has 1 fully saturated rings. The molecule has 0 aromatic carbocycles. The molecule has 1 aliphatic rings. The minimum Gasteiger partial charge on any atom is -0.379 e. The standard InChI is InChI=1S/C26H48N2O5/c1-7-21(6)18-25(30)28(20(4)5)13-15-33-17-16-32-14-12-24(29)27-23-10-8-22(9-11-23)26(31)19(2)3/h19-23H,7-18H2,1-6H3,(H,27,29). The van der Waals surface area contributed by atoms with Crippen LogP contribution in [0, 0.1) is 17.8 Å². The molecule has 1 rings (SSSR count). The SMILES string of the molecule is CCC(C)CC(=O)N(CCOCCOCCC(=O)NC1CCC(C(=O)C(C)C)CC1)C(C)C. The summed E-state index contributed by atoms with van der Waals surface area (Å²) in [4.78, 5) is 38.6. The van der Waals surface area contributed by atoms with Gasteiger partial charge in [-0.2, -0.15) is 0 Å².